The van der Waals surface area contributed by atoms with Crippen LogP contribution in [0, 0.1) is 5.82 Å². The van der Waals surface area contributed by atoms with Crippen molar-refractivity contribution in [1.29, 1.82) is 0 Å². The van der Waals surface area contributed by atoms with Crippen molar-refractivity contribution in [1.82, 2.24) is 0 Å². The molecule has 1 aliphatic carbocycles. The monoisotopic (exact) mass is 326 g/mol. The summed E-state index contributed by atoms with van der Waals surface area (Å²) in [5.74, 6) is -1.89. The predicted octanol–water partition coefficient (Wildman–Crippen LogP) is 3.12. The van der Waals surface area contributed by atoms with Crippen LogP contribution in [0.1, 0.15) is 29.6 Å². The smallest absolute Gasteiger partial charge is 0.339 e. The van der Waals surface area contributed by atoms with Gasteiger partial charge in [-0.3, -0.25) is 0 Å². The molecule has 1 aliphatic rings. The van der Waals surface area contributed by atoms with Gasteiger partial charge in [0.15, 0.2) is 0 Å². The highest BCUT2D eigenvalue weighted by Gasteiger charge is 2.26. The Morgan fingerprint density at radius 2 is 2.00 bits per heavy atom. The maximum absolute atomic E-state index is 13.4. The quantitative estimate of drug-likeness (QED) is 0.632. The number of carbonyl (C=O) groups is 1. The van der Waals surface area contributed by atoms with Gasteiger partial charge in [0.1, 0.15) is 16.8 Å². The molecule has 0 heterocycles. The molecule has 0 amide bonds. The van der Waals surface area contributed by atoms with Crippen LogP contribution in [-0.2, 0) is 13.8 Å². The molecule has 0 radical (unpaired) electrons. The van der Waals surface area contributed by atoms with Crippen LogP contribution in [0.15, 0.2) is 17.0 Å². The van der Waals surface area contributed by atoms with Crippen LogP contribution >= 0.6 is 22.3 Å². The van der Waals surface area contributed by atoms with Crippen LogP contribution in [-0.4, -0.2) is 20.5 Å². The summed E-state index contributed by atoms with van der Waals surface area (Å²) < 4.78 is 40.8. The summed E-state index contributed by atoms with van der Waals surface area (Å²) in [6.07, 6.45) is 2.29. The minimum atomic E-state index is -4.30. The Morgan fingerprint density at radius 1 is 1.37 bits per heavy atom. The van der Waals surface area contributed by atoms with Crippen molar-refractivity contribution in [2.45, 2.75) is 30.3 Å². The lowest BCUT2D eigenvalue weighted by Crippen LogP contribution is -2.25. The Kier molecular flexibility index (Phi) is 4.03. The first-order valence-electron chi connectivity index (χ1n) is 5.43. The zero-order valence-corrected chi connectivity index (χ0v) is 11.9. The SMILES string of the molecule is O=C(OC1CCC1)c1cc(S(=O)(=O)Cl)c(F)cc1Cl. The van der Waals surface area contributed by atoms with E-state index in [1.54, 1.807) is 0 Å². The molecule has 1 aromatic rings. The van der Waals surface area contributed by atoms with Gasteiger partial charge < -0.3 is 4.74 Å². The van der Waals surface area contributed by atoms with E-state index in [1.165, 1.54) is 0 Å². The van der Waals surface area contributed by atoms with Gasteiger partial charge in [0.05, 0.1) is 10.6 Å². The van der Waals surface area contributed by atoms with Crippen molar-refractivity contribution in [2.75, 3.05) is 0 Å². The van der Waals surface area contributed by atoms with Crippen molar-refractivity contribution in [3.05, 3.63) is 28.5 Å². The zero-order chi connectivity index (χ0) is 14.2. The van der Waals surface area contributed by atoms with Gasteiger partial charge in [0.25, 0.3) is 9.05 Å². The summed E-state index contributed by atoms with van der Waals surface area (Å²) >= 11 is 5.71. The van der Waals surface area contributed by atoms with Gasteiger partial charge >= 0.3 is 5.97 Å². The van der Waals surface area contributed by atoms with Gasteiger partial charge in [0, 0.05) is 10.7 Å². The summed E-state index contributed by atoms with van der Waals surface area (Å²) in [6.45, 7) is 0. The highest BCUT2D eigenvalue weighted by Crippen LogP contribution is 2.29. The number of carbonyl (C=O) groups excluding carboxylic acids is 1. The summed E-state index contributed by atoms with van der Waals surface area (Å²) in [7, 11) is 0.779. The highest BCUT2D eigenvalue weighted by molar-refractivity contribution is 8.13. The van der Waals surface area contributed by atoms with Crippen LogP contribution in [0.25, 0.3) is 0 Å². The van der Waals surface area contributed by atoms with Crippen molar-refractivity contribution < 1.29 is 22.3 Å². The fourth-order valence-corrected chi connectivity index (χ4v) is 2.71. The summed E-state index contributed by atoms with van der Waals surface area (Å²) in [5.41, 5.74) is -0.214. The minimum absolute atomic E-state index is 0.190. The number of ether oxygens (including phenoxy) is 1. The molecule has 0 aromatic heterocycles. The topological polar surface area (TPSA) is 60.4 Å². The van der Waals surface area contributed by atoms with Gasteiger partial charge in [0.2, 0.25) is 0 Å². The summed E-state index contributed by atoms with van der Waals surface area (Å²) in [6, 6.07) is 1.52. The molecular formula is C11H9Cl2FO4S. The van der Waals surface area contributed by atoms with Gasteiger partial charge in [-0.2, -0.15) is 0 Å². The number of hydrogen-bond donors (Lipinski definition) is 0. The van der Waals surface area contributed by atoms with Crippen LogP contribution in [0.2, 0.25) is 5.02 Å². The fourth-order valence-electron chi connectivity index (χ4n) is 1.58. The molecule has 0 N–H and O–H groups in total. The molecule has 1 saturated carbocycles. The second kappa shape index (κ2) is 5.26. The molecule has 2 rings (SSSR count). The number of benzene rings is 1. The average molecular weight is 327 g/mol. The molecule has 19 heavy (non-hydrogen) atoms. The van der Waals surface area contributed by atoms with E-state index in [4.69, 9.17) is 27.0 Å². The maximum atomic E-state index is 13.4. The number of hydrogen-bond acceptors (Lipinski definition) is 4. The molecule has 0 unspecified atom stereocenters. The highest BCUT2D eigenvalue weighted by atomic mass is 35.7. The van der Waals surface area contributed by atoms with E-state index in [-0.39, 0.29) is 16.7 Å². The molecule has 0 aliphatic heterocycles. The first-order valence-corrected chi connectivity index (χ1v) is 8.12. The number of rotatable bonds is 3. The zero-order valence-electron chi connectivity index (χ0n) is 9.53. The van der Waals surface area contributed by atoms with E-state index in [1.807, 2.05) is 0 Å². The van der Waals surface area contributed by atoms with E-state index >= 15 is 0 Å². The molecule has 0 saturated heterocycles. The minimum Gasteiger partial charge on any atom is -0.459 e. The van der Waals surface area contributed by atoms with Crippen molar-refractivity contribution >= 4 is 37.3 Å². The third-order valence-electron chi connectivity index (χ3n) is 2.83. The normalized spacial score (nSPS) is 15.9. The number of halogens is 3. The Bertz CT molecular complexity index is 626. The van der Waals surface area contributed by atoms with E-state index in [9.17, 15) is 17.6 Å². The number of esters is 1. The van der Waals surface area contributed by atoms with Crippen molar-refractivity contribution in [3.8, 4) is 0 Å². The Balaban J connectivity index is 2.36. The van der Waals surface area contributed by atoms with Crippen LogP contribution in [0.3, 0.4) is 0 Å². The molecule has 1 fully saturated rings. The summed E-state index contributed by atoms with van der Waals surface area (Å²) in [4.78, 5) is 11.0. The molecular weight excluding hydrogens is 318 g/mol. The van der Waals surface area contributed by atoms with Crippen molar-refractivity contribution in [2.24, 2.45) is 0 Å². The fraction of sp³-hybridized carbons (Fsp3) is 0.364. The molecule has 104 valence electrons. The first-order chi connectivity index (χ1) is 8.79. The van der Waals surface area contributed by atoms with Gasteiger partial charge in [-0.25, -0.2) is 17.6 Å². The molecule has 4 nitrogen and oxygen atoms in total. The van der Waals surface area contributed by atoms with Gasteiger partial charge in [-0.15, -0.1) is 0 Å². The van der Waals surface area contributed by atoms with E-state index in [0.717, 1.165) is 31.4 Å². The lowest BCUT2D eigenvalue weighted by atomic mass is 9.96. The van der Waals surface area contributed by atoms with Crippen molar-refractivity contribution in [3.63, 3.8) is 0 Å². The molecule has 0 atom stereocenters. The molecule has 0 bridgehead atoms. The second-order valence-electron chi connectivity index (χ2n) is 4.16. The van der Waals surface area contributed by atoms with Crippen LogP contribution in [0.5, 0.6) is 0 Å². The van der Waals surface area contributed by atoms with Crippen LogP contribution in [0.4, 0.5) is 4.39 Å². The Hall–Kier alpha value is -0.850. The molecule has 1 aromatic carbocycles. The lowest BCUT2D eigenvalue weighted by molar-refractivity contribution is 0.00899. The third-order valence-corrected chi connectivity index (χ3v) is 4.48. The molecule has 8 heteroatoms. The van der Waals surface area contributed by atoms with E-state index in [2.05, 4.69) is 0 Å². The maximum Gasteiger partial charge on any atom is 0.339 e. The average Bonchev–Trinajstić information content (AvgIpc) is 2.21. The molecule has 0 spiro atoms. The lowest BCUT2D eigenvalue weighted by Gasteiger charge is -2.25. The Labute approximate surface area is 118 Å². The Morgan fingerprint density at radius 3 is 2.47 bits per heavy atom. The standard InChI is InChI=1S/C11H9Cl2FO4S/c12-8-5-9(14)10(19(13,16)17)4-7(8)11(15)18-6-2-1-3-6/h4-6H,1-3H2. The second-order valence-corrected chi connectivity index (χ2v) is 7.10. The first kappa shape index (κ1) is 14.6. The van der Waals surface area contributed by atoms with Crippen LogP contribution < -0.4 is 0 Å². The summed E-state index contributed by atoms with van der Waals surface area (Å²) in [5, 5.41) is -0.217. The predicted molar refractivity (Wildman–Crippen MR) is 67.5 cm³/mol. The largest absolute Gasteiger partial charge is 0.459 e. The van der Waals surface area contributed by atoms with Gasteiger partial charge in [-0.1, -0.05) is 11.6 Å². The van der Waals surface area contributed by atoms with E-state index in [0.29, 0.717) is 0 Å². The third kappa shape index (κ3) is 3.19. The van der Waals surface area contributed by atoms with Gasteiger partial charge in [-0.05, 0) is 31.4 Å². The van der Waals surface area contributed by atoms with E-state index < -0.39 is 25.7 Å².